The highest BCUT2D eigenvalue weighted by Crippen LogP contribution is 2.23. The van der Waals surface area contributed by atoms with Gasteiger partial charge in [0.1, 0.15) is 0 Å². The number of nitrogens with one attached hydrogen (secondary N) is 2. The highest BCUT2D eigenvalue weighted by Gasteiger charge is 2.26. The highest BCUT2D eigenvalue weighted by molar-refractivity contribution is 6.16. The Morgan fingerprint density at radius 2 is 1.69 bits per heavy atom. The minimum atomic E-state index is -0.817. The summed E-state index contributed by atoms with van der Waals surface area (Å²) in [7, 11) is 0. The molecule has 1 unspecified atom stereocenters. The van der Waals surface area contributed by atoms with Gasteiger partial charge in [0.25, 0.3) is 0 Å². The lowest BCUT2D eigenvalue weighted by Crippen LogP contribution is -2.29. The van der Waals surface area contributed by atoms with Crippen LogP contribution in [0.5, 0.6) is 0 Å². The van der Waals surface area contributed by atoms with Crippen molar-refractivity contribution in [3.05, 3.63) is 101 Å². The Bertz CT molecular complexity index is 1350. The summed E-state index contributed by atoms with van der Waals surface area (Å²) in [5.74, 6) is 0.756. The standard InChI is InChI=1S/C25H18N6O/c26-15-16-10-12-18(13-11-16)23-28-25(31-30-23)29-24-21(32)14-19-8-4-5-9-20(19)22(27-24)17-6-2-1-3-7-17/h1-13,24H,14H2,(H2,28,29,30,31). The van der Waals surface area contributed by atoms with Crippen LogP contribution in [0.15, 0.2) is 83.9 Å². The van der Waals surface area contributed by atoms with Crippen molar-refractivity contribution in [3.63, 3.8) is 0 Å². The van der Waals surface area contributed by atoms with Gasteiger partial charge >= 0.3 is 0 Å². The normalized spacial score (nSPS) is 15.3. The van der Waals surface area contributed by atoms with E-state index in [1.165, 1.54) is 0 Å². The number of Topliss-reactive ketones (excluding diaryl/α,β-unsaturated/α-hetero) is 1. The van der Waals surface area contributed by atoms with Crippen molar-refractivity contribution >= 4 is 17.4 Å². The Morgan fingerprint density at radius 1 is 0.938 bits per heavy atom. The number of hydrogen-bond donors (Lipinski definition) is 2. The van der Waals surface area contributed by atoms with Crippen LogP contribution in [-0.4, -0.2) is 32.8 Å². The average Bonchev–Trinajstić information content (AvgIpc) is 3.26. The second-order valence-corrected chi connectivity index (χ2v) is 7.39. The number of anilines is 1. The van der Waals surface area contributed by atoms with E-state index >= 15 is 0 Å². The summed E-state index contributed by atoms with van der Waals surface area (Å²) >= 11 is 0. The van der Waals surface area contributed by atoms with Gasteiger partial charge in [-0.3, -0.25) is 14.9 Å². The summed E-state index contributed by atoms with van der Waals surface area (Å²) in [5.41, 5.74) is 4.94. The first-order valence-corrected chi connectivity index (χ1v) is 10.1. The van der Waals surface area contributed by atoms with Gasteiger partial charge in [-0.05, 0) is 29.8 Å². The summed E-state index contributed by atoms with van der Waals surface area (Å²) in [5, 5.41) is 19.1. The van der Waals surface area contributed by atoms with Crippen molar-refractivity contribution in [1.82, 2.24) is 15.2 Å². The molecule has 0 aliphatic carbocycles. The van der Waals surface area contributed by atoms with Gasteiger partial charge in [-0.2, -0.15) is 10.2 Å². The van der Waals surface area contributed by atoms with E-state index in [1.54, 1.807) is 24.3 Å². The van der Waals surface area contributed by atoms with Gasteiger partial charge in [-0.25, -0.2) is 0 Å². The van der Waals surface area contributed by atoms with Crippen LogP contribution in [-0.2, 0) is 11.2 Å². The van der Waals surface area contributed by atoms with Crippen LogP contribution in [0.25, 0.3) is 11.4 Å². The third-order valence-corrected chi connectivity index (χ3v) is 5.29. The molecule has 0 saturated heterocycles. The summed E-state index contributed by atoms with van der Waals surface area (Å²) < 4.78 is 0. The first kappa shape index (κ1) is 19.4. The van der Waals surface area contributed by atoms with Crippen molar-refractivity contribution in [1.29, 1.82) is 5.26 Å². The topological polar surface area (TPSA) is 107 Å². The van der Waals surface area contributed by atoms with Crippen LogP contribution in [0.3, 0.4) is 0 Å². The molecule has 5 rings (SSSR count). The number of nitriles is 1. The SMILES string of the molecule is N#Cc1ccc(-c2nc(NC3N=C(c4ccccc4)c4ccccc4CC3=O)n[nH]2)cc1. The molecule has 1 aliphatic rings. The molecule has 1 aromatic heterocycles. The van der Waals surface area contributed by atoms with E-state index < -0.39 is 6.17 Å². The molecule has 32 heavy (non-hydrogen) atoms. The Balaban J connectivity index is 1.48. The fourth-order valence-corrected chi connectivity index (χ4v) is 3.68. The van der Waals surface area contributed by atoms with Gasteiger partial charge in [0.05, 0.1) is 17.3 Å². The molecule has 1 aliphatic heterocycles. The minimum absolute atomic E-state index is 0.0619. The van der Waals surface area contributed by atoms with Gasteiger partial charge in [0.2, 0.25) is 5.95 Å². The molecule has 7 nitrogen and oxygen atoms in total. The molecule has 0 amide bonds. The smallest absolute Gasteiger partial charge is 0.244 e. The number of fused-ring (bicyclic) bond motifs is 1. The molecule has 0 fully saturated rings. The van der Waals surface area contributed by atoms with Crippen molar-refractivity contribution < 1.29 is 4.79 Å². The van der Waals surface area contributed by atoms with E-state index in [4.69, 9.17) is 10.3 Å². The molecule has 4 aromatic rings. The van der Waals surface area contributed by atoms with Gasteiger partial charge in [-0.15, -0.1) is 5.10 Å². The van der Waals surface area contributed by atoms with Gasteiger partial charge in [-0.1, -0.05) is 54.6 Å². The molecule has 2 N–H and O–H groups in total. The quantitative estimate of drug-likeness (QED) is 0.525. The zero-order chi connectivity index (χ0) is 21.9. The summed E-state index contributed by atoms with van der Waals surface area (Å²) in [6.45, 7) is 0. The van der Waals surface area contributed by atoms with Crippen LogP contribution in [0.4, 0.5) is 5.95 Å². The second kappa shape index (κ2) is 8.28. The fourth-order valence-electron chi connectivity index (χ4n) is 3.68. The van der Waals surface area contributed by atoms with E-state index in [0.29, 0.717) is 11.4 Å². The number of H-pyrrole nitrogens is 1. The lowest BCUT2D eigenvalue weighted by molar-refractivity contribution is -0.118. The number of benzene rings is 3. The Morgan fingerprint density at radius 3 is 2.47 bits per heavy atom. The number of aliphatic imine (C=N–C) groups is 1. The number of ketones is 1. The van der Waals surface area contributed by atoms with Crippen molar-refractivity contribution in [2.75, 3.05) is 5.32 Å². The van der Waals surface area contributed by atoms with Crippen LogP contribution in [0.1, 0.15) is 22.3 Å². The molecule has 2 heterocycles. The molecular formula is C25H18N6O. The van der Waals surface area contributed by atoms with E-state index in [0.717, 1.165) is 28.0 Å². The molecule has 0 spiro atoms. The Hall–Kier alpha value is -4.57. The number of aromatic nitrogens is 3. The Kier molecular flexibility index (Phi) is 5.02. The largest absolute Gasteiger partial charge is 0.325 e. The van der Waals surface area contributed by atoms with Crippen LogP contribution >= 0.6 is 0 Å². The highest BCUT2D eigenvalue weighted by atomic mass is 16.1. The molecule has 1 atom stereocenters. The maximum absolute atomic E-state index is 13.0. The Labute approximate surface area is 184 Å². The van der Waals surface area contributed by atoms with Gasteiger partial charge < -0.3 is 5.32 Å². The minimum Gasteiger partial charge on any atom is -0.325 e. The number of nitrogens with zero attached hydrogens (tertiary/aromatic N) is 4. The zero-order valence-corrected chi connectivity index (χ0v) is 17.0. The maximum Gasteiger partial charge on any atom is 0.244 e. The van der Waals surface area contributed by atoms with E-state index in [2.05, 4.69) is 26.6 Å². The lowest BCUT2D eigenvalue weighted by Gasteiger charge is -2.12. The molecule has 154 valence electrons. The number of carbonyl (C=O) groups is 1. The van der Waals surface area contributed by atoms with E-state index in [1.807, 2.05) is 54.6 Å². The molecule has 7 heteroatoms. The predicted molar refractivity (Wildman–Crippen MR) is 121 cm³/mol. The van der Waals surface area contributed by atoms with Crippen molar-refractivity contribution in [3.8, 4) is 17.5 Å². The second-order valence-electron chi connectivity index (χ2n) is 7.39. The average molecular weight is 418 g/mol. The molecule has 3 aromatic carbocycles. The van der Waals surface area contributed by atoms with E-state index in [9.17, 15) is 4.79 Å². The summed E-state index contributed by atoms with van der Waals surface area (Å²) in [6, 6.07) is 26.8. The van der Waals surface area contributed by atoms with Crippen molar-refractivity contribution in [2.45, 2.75) is 12.6 Å². The molecule has 0 saturated carbocycles. The first-order chi connectivity index (χ1) is 15.7. The lowest BCUT2D eigenvalue weighted by atomic mass is 9.96. The number of rotatable bonds is 4. The first-order valence-electron chi connectivity index (χ1n) is 10.1. The zero-order valence-electron chi connectivity index (χ0n) is 17.0. The third-order valence-electron chi connectivity index (χ3n) is 5.29. The number of hydrogen-bond acceptors (Lipinski definition) is 6. The number of aromatic amines is 1. The third kappa shape index (κ3) is 3.77. The monoisotopic (exact) mass is 418 g/mol. The fraction of sp³-hybridized carbons (Fsp3) is 0.0800. The van der Waals surface area contributed by atoms with Gasteiger partial charge in [0, 0.05) is 23.1 Å². The maximum atomic E-state index is 13.0. The molecule has 0 bridgehead atoms. The van der Waals surface area contributed by atoms with Crippen molar-refractivity contribution in [2.24, 2.45) is 4.99 Å². The predicted octanol–water partition coefficient (Wildman–Crippen LogP) is 3.74. The summed E-state index contributed by atoms with van der Waals surface area (Å²) in [4.78, 5) is 22.3. The van der Waals surface area contributed by atoms with Crippen LogP contribution in [0, 0.1) is 11.3 Å². The van der Waals surface area contributed by atoms with Crippen LogP contribution in [0.2, 0.25) is 0 Å². The van der Waals surface area contributed by atoms with Gasteiger partial charge in [0.15, 0.2) is 17.8 Å². The number of carbonyl (C=O) groups excluding carboxylic acids is 1. The molecular weight excluding hydrogens is 400 g/mol. The summed E-state index contributed by atoms with van der Waals surface area (Å²) in [6.07, 6.45) is -0.553. The van der Waals surface area contributed by atoms with Crippen LogP contribution < -0.4 is 5.32 Å². The van der Waals surface area contributed by atoms with E-state index in [-0.39, 0.29) is 18.2 Å². The molecule has 0 radical (unpaired) electrons.